The van der Waals surface area contributed by atoms with Gasteiger partial charge in [-0.25, -0.2) is 9.69 Å². The molecule has 182 valence electrons. The Kier molecular flexibility index (Phi) is 7.17. The van der Waals surface area contributed by atoms with Gasteiger partial charge in [0.1, 0.15) is 11.3 Å². The summed E-state index contributed by atoms with van der Waals surface area (Å²) >= 11 is 5.98. The third-order valence-corrected chi connectivity index (χ3v) is 5.63. The zero-order chi connectivity index (χ0) is 25.8. The van der Waals surface area contributed by atoms with Gasteiger partial charge in [0.15, 0.2) is 6.61 Å². The van der Waals surface area contributed by atoms with Crippen molar-refractivity contribution in [2.24, 2.45) is 0 Å². The maximum atomic E-state index is 13.0. The zero-order valence-corrected chi connectivity index (χ0v) is 20.3. The molecule has 0 spiro atoms. The van der Waals surface area contributed by atoms with Crippen molar-refractivity contribution in [2.45, 2.75) is 13.8 Å². The standard InChI is InChI=1S/C27H22ClN3O5/c1-16-6-7-17(2)23(12-16)29-24(32)15-36-21-10-8-18(9-11-21)13-22-25(33)30-27(35)31(26(22)34)20-5-3-4-19(28)14-20/h3-14H,15H2,1-2H3,(H,29,32)(H,30,33,35)/b22-13+. The van der Waals surface area contributed by atoms with Gasteiger partial charge in [0, 0.05) is 10.7 Å². The topological polar surface area (TPSA) is 105 Å². The van der Waals surface area contributed by atoms with Crippen LogP contribution in [0.15, 0.2) is 72.3 Å². The summed E-state index contributed by atoms with van der Waals surface area (Å²) in [5.74, 6) is -1.44. The SMILES string of the molecule is Cc1ccc(C)c(NC(=O)COc2ccc(/C=C3\C(=O)NC(=O)N(c4cccc(Cl)c4)C3=O)cc2)c1. The van der Waals surface area contributed by atoms with Gasteiger partial charge in [0.2, 0.25) is 0 Å². The lowest BCUT2D eigenvalue weighted by atomic mass is 10.1. The molecule has 1 heterocycles. The first-order valence-corrected chi connectivity index (χ1v) is 11.4. The molecule has 3 aromatic rings. The molecule has 0 aromatic heterocycles. The van der Waals surface area contributed by atoms with E-state index >= 15 is 0 Å². The van der Waals surface area contributed by atoms with Crippen LogP contribution in [0.4, 0.5) is 16.2 Å². The highest BCUT2D eigenvalue weighted by molar-refractivity contribution is 6.39. The third kappa shape index (κ3) is 5.61. The van der Waals surface area contributed by atoms with Crippen molar-refractivity contribution in [1.82, 2.24) is 5.32 Å². The van der Waals surface area contributed by atoms with E-state index in [4.69, 9.17) is 16.3 Å². The van der Waals surface area contributed by atoms with Crippen molar-refractivity contribution in [2.75, 3.05) is 16.8 Å². The number of rotatable bonds is 6. The van der Waals surface area contributed by atoms with E-state index in [0.717, 1.165) is 21.7 Å². The van der Waals surface area contributed by atoms with E-state index in [1.165, 1.54) is 12.1 Å². The molecule has 0 bridgehead atoms. The molecule has 0 saturated carbocycles. The van der Waals surface area contributed by atoms with E-state index in [2.05, 4.69) is 10.6 Å². The average molecular weight is 504 g/mol. The number of barbiturate groups is 1. The number of benzene rings is 3. The van der Waals surface area contributed by atoms with Gasteiger partial charge in [-0.1, -0.05) is 41.9 Å². The van der Waals surface area contributed by atoms with E-state index in [-0.39, 0.29) is 23.8 Å². The fourth-order valence-corrected chi connectivity index (χ4v) is 3.72. The van der Waals surface area contributed by atoms with Crippen LogP contribution in [-0.2, 0) is 14.4 Å². The molecule has 3 aromatic carbocycles. The van der Waals surface area contributed by atoms with E-state index < -0.39 is 17.8 Å². The summed E-state index contributed by atoms with van der Waals surface area (Å²) < 4.78 is 5.55. The second-order valence-corrected chi connectivity index (χ2v) is 8.60. The van der Waals surface area contributed by atoms with Crippen molar-refractivity contribution in [3.63, 3.8) is 0 Å². The Labute approximate surface area is 212 Å². The van der Waals surface area contributed by atoms with Crippen molar-refractivity contribution in [3.8, 4) is 5.75 Å². The molecule has 0 atom stereocenters. The van der Waals surface area contributed by atoms with Crippen LogP contribution >= 0.6 is 11.6 Å². The fourth-order valence-electron chi connectivity index (χ4n) is 3.54. The minimum atomic E-state index is -0.854. The summed E-state index contributed by atoms with van der Waals surface area (Å²) in [6.07, 6.45) is 1.37. The van der Waals surface area contributed by atoms with Gasteiger partial charge in [-0.3, -0.25) is 19.7 Å². The predicted octanol–water partition coefficient (Wildman–Crippen LogP) is 4.64. The number of nitrogens with zero attached hydrogens (tertiary/aromatic N) is 1. The molecular formula is C27H22ClN3O5. The van der Waals surface area contributed by atoms with E-state index in [1.807, 2.05) is 32.0 Å². The van der Waals surface area contributed by atoms with Crippen molar-refractivity contribution < 1.29 is 23.9 Å². The first-order chi connectivity index (χ1) is 17.2. The minimum absolute atomic E-state index is 0.189. The number of urea groups is 1. The Hall–Kier alpha value is -4.43. The molecule has 36 heavy (non-hydrogen) atoms. The molecule has 9 heteroatoms. The molecule has 1 fully saturated rings. The first-order valence-electron chi connectivity index (χ1n) is 11.0. The van der Waals surface area contributed by atoms with Gasteiger partial charge >= 0.3 is 6.03 Å². The Morgan fingerprint density at radius 2 is 1.78 bits per heavy atom. The van der Waals surface area contributed by atoms with Gasteiger partial charge in [-0.15, -0.1) is 0 Å². The number of anilines is 2. The summed E-state index contributed by atoms with van der Waals surface area (Å²) in [5.41, 5.74) is 3.27. The lowest BCUT2D eigenvalue weighted by Crippen LogP contribution is -2.54. The molecule has 4 rings (SSSR count). The molecule has 0 aliphatic carbocycles. The van der Waals surface area contributed by atoms with Crippen LogP contribution in [0.3, 0.4) is 0 Å². The molecule has 1 aliphatic rings. The number of carbonyl (C=O) groups is 4. The van der Waals surface area contributed by atoms with Crippen LogP contribution in [0.2, 0.25) is 5.02 Å². The maximum Gasteiger partial charge on any atom is 0.335 e. The molecule has 0 unspecified atom stereocenters. The second-order valence-electron chi connectivity index (χ2n) is 8.16. The first kappa shape index (κ1) is 24.7. The summed E-state index contributed by atoms with van der Waals surface area (Å²) in [6, 6.07) is 17.6. The second kappa shape index (κ2) is 10.5. The normalized spacial score (nSPS) is 14.6. The van der Waals surface area contributed by atoms with Crippen LogP contribution < -0.4 is 20.3 Å². The highest BCUT2D eigenvalue weighted by Crippen LogP contribution is 2.25. The van der Waals surface area contributed by atoms with Crippen LogP contribution in [0, 0.1) is 13.8 Å². The van der Waals surface area contributed by atoms with Crippen molar-refractivity contribution in [3.05, 3.63) is 94.0 Å². The van der Waals surface area contributed by atoms with Crippen molar-refractivity contribution >= 4 is 52.8 Å². The summed E-state index contributed by atoms with van der Waals surface area (Å²) in [7, 11) is 0. The predicted molar refractivity (Wildman–Crippen MR) is 137 cm³/mol. The van der Waals surface area contributed by atoms with Crippen LogP contribution in [-0.4, -0.2) is 30.4 Å². The van der Waals surface area contributed by atoms with Gasteiger partial charge in [0.05, 0.1) is 5.69 Å². The number of nitrogens with one attached hydrogen (secondary N) is 2. The Bertz CT molecular complexity index is 1400. The molecule has 2 N–H and O–H groups in total. The van der Waals surface area contributed by atoms with E-state index in [0.29, 0.717) is 16.3 Å². The number of carbonyl (C=O) groups excluding carboxylic acids is 4. The van der Waals surface area contributed by atoms with Crippen LogP contribution in [0.5, 0.6) is 5.75 Å². The number of amides is 5. The van der Waals surface area contributed by atoms with Crippen LogP contribution in [0.1, 0.15) is 16.7 Å². The number of imide groups is 2. The smallest absolute Gasteiger partial charge is 0.335 e. The highest BCUT2D eigenvalue weighted by Gasteiger charge is 2.36. The summed E-state index contributed by atoms with van der Waals surface area (Å²) in [6.45, 7) is 3.66. The third-order valence-electron chi connectivity index (χ3n) is 5.40. The minimum Gasteiger partial charge on any atom is -0.484 e. The Morgan fingerprint density at radius 3 is 2.50 bits per heavy atom. The molecule has 1 aliphatic heterocycles. The molecule has 5 amide bonds. The largest absolute Gasteiger partial charge is 0.484 e. The van der Waals surface area contributed by atoms with Crippen LogP contribution in [0.25, 0.3) is 6.08 Å². The molecule has 1 saturated heterocycles. The quantitative estimate of drug-likeness (QED) is 0.376. The lowest BCUT2D eigenvalue weighted by molar-refractivity contribution is -0.122. The fraction of sp³-hybridized carbons (Fsp3) is 0.111. The van der Waals surface area contributed by atoms with Gasteiger partial charge in [0.25, 0.3) is 17.7 Å². The summed E-state index contributed by atoms with van der Waals surface area (Å²) in [4.78, 5) is 50.8. The number of hydrogen-bond donors (Lipinski definition) is 2. The molecular weight excluding hydrogens is 482 g/mol. The van der Waals surface area contributed by atoms with E-state index in [9.17, 15) is 19.2 Å². The number of aryl methyl sites for hydroxylation is 2. The summed E-state index contributed by atoms with van der Waals surface area (Å²) in [5, 5.41) is 5.33. The number of hydrogen-bond acceptors (Lipinski definition) is 5. The van der Waals surface area contributed by atoms with Crippen molar-refractivity contribution in [1.29, 1.82) is 0 Å². The highest BCUT2D eigenvalue weighted by atomic mass is 35.5. The molecule has 8 nitrogen and oxygen atoms in total. The van der Waals surface area contributed by atoms with Gasteiger partial charge in [-0.2, -0.15) is 0 Å². The molecule has 0 radical (unpaired) electrons. The monoisotopic (exact) mass is 503 g/mol. The Balaban J connectivity index is 1.43. The maximum absolute atomic E-state index is 13.0. The van der Waals surface area contributed by atoms with Gasteiger partial charge in [-0.05, 0) is 73.0 Å². The zero-order valence-electron chi connectivity index (χ0n) is 19.5. The number of halogens is 1. The lowest BCUT2D eigenvalue weighted by Gasteiger charge is -2.26. The van der Waals surface area contributed by atoms with Gasteiger partial charge < -0.3 is 10.1 Å². The average Bonchev–Trinajstić information content (AvgIpc) is 2.83. The Morgan fingerprint density at radius 1 is 1.03 bits per heavy atom. The van der Waals surface area contributed by atoms with E-state index in [1.54, 1.807) is 42.5 Å². The number of ether oxygens (including phenoxy) is 1.